The highest BCUT2D eigenvalue weighted by Gasteiger charge is 2.29. The molecule has 0 atom stereocenters. The van der Waals surface area contributed by atoms with Crippen molar-refractivity contribution in [1.82, 2.24) is 19.3 Å². The molecule has 4 rings (SSSR count). The Morgan fingerprint density at radius 1 is 0.966 bits per heavy atom. The van der Waals surface area contributed by atoms with Crippen LogP contribution >= 0.6 is 0 Å². The largest absolute Gasteiger partial charge is 0.493 e. The summed E-state index contributed by atoms with van der Waals surface area (Å²) in [5.74, 6) is -0.0594. The van der Waals surface area contributed by atoms with Crippen molar-refractivity contribution in [1.29, 1.82) is 0 Å². The van der Waals surface area contributed by atoms with Crippen LogP contribution in [0.25, 0.3) is 0 Å². The second-order valence-corrected chi connectivity index (χ2v) is 8.19. The molecule has 2 aromatic rings. The molecule has 0 amide bonds. The van der Waals surface area contributed by atoms with Gasteiger partial charge in [0.15, 0.2) is 5.82 Å². The van der Waals surface area contributed by atoms with E-state index < -0.39 is 11.2 Å². The van der Waals surface area contributed by atoms with Crippen molar-refractivity contribution in [3.63, 3.8) is 0 Å². The first-order valence-corrected chi connectivity index (χ1v) is 10.6. The predicted octanol–water partition coefficient (Wildman–Crippen LogP) is 4.17. The molecule has 156 valence electrons. The molecule has 0 aromatic carbocycles. The summed E-state index contributed by atoms with van der Waals surface area (Å²) < 4.78 is 2.71. The maximum Gasteiger partial charge on any atom is 0.334 e. The minimum atomic E-state index is -0.567. The van der Waals surface area contributed by atoms with Crippen LogP contribution in [0.15, 0.2) is 25.9 Å². The minimum Gasteiger partial charge on any atom is -0.493 e. The first-order chi connectivity index (χ1) is 14.1. The van der Waals surface area contributed by atoms with Crippen LogP contribution in [0.1, 0.15) is 82.0 Å². The zero-order chi connectivity index (χ0) is 20.4. The number of nitrogens with zero attached hydrogens (tertiary/aromatic N) is 5. The number of aromatic nitrogens is 4. The molecule has 29 heavy (non-hydrogen) atoms. The first-order valence-electron chi connectivity index (χ1n) is 10.6. The Kier molecular flexibility index (Phi) is 5.64. The van der Waals surface area contributed by atoms with Gasteiger partial charge in [0.2, 0.25) is 11.6 Å². The molecule has 2 saturated carbocycles. The van der Waals surface area contributed by atoms with E-state index in [4.69, 9.17) is 0 Å². The maximum atomic E-state index is 13.3. The van der Waals surface area contributed by atoms with E-state index >= 15 is 0 Å². The van der Waals surface area contributed by atoms with Crippen molar-refractivity contribution in [3.8, 4) is 5.88 Å². The summed E-state index contributed by atoms with van der Waals surface area (Å²) in [5.41, 5.74) is -0.348. The lowest BCUT2D eigenvalue weighted by atomic mass is 9.94. The number of H-pyrrole nitrogens is 1. The van der Waals surface area contributed by atoms with Gasteiger partial charge in [-0.3, -0.25) is 19.0 Å². The molecule has 0 unspecified atom stereocenters. The Balaban J connectivity index is 1.85. The quantitative estimate of drug-likeness (QED) is 0.749. The SMILES string of the molecule is Cc1cc(N=Nc2c(O)n(C3CCCCC3)c(=O)n(C3CCCCC3)c2=O)n[nH]1. The summed E-state index contributed by atoms with van der Waals surface area (Å²) in [6.45, 7) is 1.84. The van der Waals surface area contributed by atoms with E-state index in [0.29, 0.717) is 5.82 Å². The van der Waals surface area contributed by atoms with Crippen LogP contribution < -0.4 is 11.2 Å². The van der Waals surface area contributed by atoms with E-state index in [1.54, 1.807) is 6.07 Å². The van der Waals surface area contributed by atoms with Gasteiger partial charge in [0.1, 0.15) is 0 Å². The molecule has 0 aliphatic heterocycles. The number of aromatic hydroxyl groups is 1. The van der Waals surface area contributed by atoms with Crippen LogP contribution in [-0.2, 0) is 0 Å². The lowest BCUT2D eigenvalue weighted by Crippen LogP contribution is -2.43. The summed E-state index contributed by atoms with van der Waals surface area (Å²) >= 11 is 0. The maximum absolute atomic E-state index is 13.3. The molecule has 0 saturated heterocycles. The second-order valence-electron chi connectivity index (χ2n) is 8.19. The lowest BCUT2D eigenvalue weighted by Gasteiger charge is -2.28. The fraction of sp³-hybridized carbons (Fsp3) is 0.650. The molecule has 0 bridgehead atoms. The van der Waals surface area contributed by atoms with Gasteiger partial charge >= 0.3 is 5.69 Å². The molecule has 2 aliphatic carbocycles. The highest BCUT2D eigenvalue weighted by Crippen LogP contribution is 2.34. The third kappa shape index (κ3) is 3.90. The molecule has 2 aromatic heterocycles. The van der Waals surface area contributed by atoms with Crippen LogP contribution in [-0.4, -0.2) is 24.4 Å². The number of hydrogen-bond acceptors (Lipinski definition) is 6. The Bertz CT molecular complexity index is 1010. The third-order valence-electron chi connectivity index (χ3n) is 6.10. The standard InChI is InChI=1S/C20H28N6O3/c1-13-12-16(22-21-13)23-24-17-18(27)25(14-8-4-2-5-9-14)20(29)26(19(17)28)15-10-6-3-7-11-15/h12,14-15,27H,2-11H2,1H3,(H,21,22). The predicted molar refractivity (Wildman–Crippen MR) is 108 cm³/mol. The Labute approximate surface area is 168 Å². The van der Waals surface area contributed by atoms with E-state index in [9.17, 15) is 14.7 Å². The summed E-state index contributed by atoms with van der Waals surface area (Å²) in [6, 6.07) is 1.42. The molecule has 2 aliphatic rings. The first kappa shape index (κ1) is 19.6. The Morgan fingerprint density at radius 3 is 2.10 bits per heavy atom. The van der Waals surface area contributed by atoms with E-state index in [1.807, 2.05) is 6.92 Å². The van der Waals surface area contributed by atoms with Gasteiger partial charge in [-0.15, -0.1) is 10.2 Å². The minimum absolute atomic E-state index is 0.117. The number of aromatic amines is 1. The summed E-state index contributed by atoms with van der Waals surface area (Å²) in [5, 5.41) is 25.7. The average Bonchev–Trinajstić information content (AvgIpc) is 3.14. The molecule has 2 heterocycles. The van der Waals surface area contributed by atoms with Crippen molar-refractivity contribution >= 4 is 11.5 Å². The van der Waals surface area contributed by atoms with E-state index in [0.717, 1.165) is 69.9 Å². The number of aryl methyl sites for hydroxylation is 1. The van der Waals surface area contributed by atoms with Crippen molar-refractivity contribution in [2.45, 2.75) is 83.2 Å². The summed E-state index contributed by atoms with van der Waals surface area (Å²) in [4.78, 5) is 26.5. The Morgan fingerprint density at radius 2 is 1.55 bits per heavy atom. The van der Waals surface area contributed by atoms with Gasteiger partial charge in [-0.25, -0.2) is 4.79 Å². The van der Waals surface area contributed by atoms with Gasteiger partial charge in [0.05, 0.1) is 0 Å². The second kappa shape index (κ2) is 8.34. The number of nitrogens with one attached hydrogen (secondary N) is 1. The molecule has 9 nitrogen and oxygen atoms in total. The zero-order valence-corrected chi connectivity index (χ0v) is 16.8. The Hall–Kier alpha value is -2.71. The molecule has 0 spiro atoms. The van der Waals surface area contributed by atoms with Crippen molar-refractivity contribution < 1.29 is 5.11 Å². The van der Waals surface area contributed by atoms with Crippen LogP contribution in [0.2, 0.25) is 0 Å². The van der Waals surface area contributed by atoms with Gasteiger partial charge in [-0.1, -0.05) is 38.5 Å². The molecule has 0 radical (unpaired) electrons. The van der Waals surface area contributed by atoms with Gasteiger partial charge in [0.25, 0.3) is 5.56 Å². The molecule has 9 heteroatoms. The summed E-state index contributed by atoms with van der Waals surface area (Å²) in [7, 11) is 0. The third-order valence-corrected chi connectivity index (χ3v) is 6.10. The highest BCUT2D eigenvalue weighted by atomic mass is 16.3. The smallest absolute Gasteiger partial charge is 0.334 e. The normalized spacial score (nSPS) is 19.2. The molecular formula is C20H28N6O3. The number of rotatable bonds is 4. The van der Waals surface area contributed by atoms with Crippen LogP contribution in [0.5, 0.6) is 5.88 Å². The number of azo groups is 1. The fourth-order valence-electron chi connectivity index (χ4n) is 4.59. The van der Waals surface area contributed by atoms with Gasteiger partial charge in [-0.2, -0.15) is 5.10 Å². The van der Waals surface area contributed by atoms with Gasteiger partial charge in [-0.05, 0) is 32.6 Å². The van der Waals surface area contributed by atoms with Crippen LogP contribution in [0.3, 0.4) is 0 Å². The lowest BCUT2D eigenvalue weighted by molar-refractivity contribution is 0.272. The van der Waals surface area contributed by atoms with E-state index in [-0.39, 0.29) is 23.7 Å². The topological polar surface area (TPSA) is 118 Å². The number of hydrogen-bond donors (Lipinski definition) is 2. The fourth-order valence-corrected chi connectivity index (χ4v) is 4.59. The monoisotopic (exact) mass is 400 g/mol. The van der Waals surface area contributed by atoms with Gasteiger partial charge in [0, 0.05) is 23.8 Å². The van der Waals surface area contributed by atoms with Crippen molar-refractivity contribution in [3.05, 3.63) is 32.6 Å². The van der Waals surface area contributed by atoms with Crippen LogP contribution in [0, 0.1) is 6.92 Å². The average molecular weight is 400 g/mol. The zero-order valence-electron chi connectivity index (χ0n) is 16.8. The van der Waals surface area contributed by atoms with E-state index in [1.165, 1.54) is 9.13 Å². The highest BCUT2D eigenvalue weighted by molar-refractivity contribution is 5.45. The van der Waals surface area contributed by atoms with Gasteiger partial charge < -0.3 is 5.11 Å². The van der Waals surface area contributed by atoms with Crippen molar-refractivity contribution in [2.24, 2.45) is 10.2 Å². The summed E-state index contributed by atoms with van der Waals surface area (Å²) in [6.07, 6.45) is 9.43. The van der Waals surface area contributed by atoms with Crippen LogP contribution in [0.4, 0.5) is 11.5 Å². The van der Waals surface area contributed by atoms with Crippen molar-refractivity contribution in [2.75, 3.05) is 0 Å². The molecule has 2 fully saturated rings. The molecule has 2 N–H and O–H groups in total. The molecular weight excluding hydrogens is 372 g/mol. The van der Waals surface area contributed by atoms with E-state index in [2.05, 4.69) is 20.4 Å².